The third-order valence-electron chi connectivity index (χ3n) is 4.56. The van der Waals surface area contributed by atoms with E-state index in [-0.39, 0.29) is 5.41 Å². The normalized spacial score (nSPS) is 11.3. The Labute approximate surface area is 148 Å². The first-order valence-corrected chi connectivity index (χ1v) is 9.96. The fourth-order valence-corrected chi connectivity index (χ4v) is 3.90. The van der Waals surface area contributed by atoms with E-state index in [0.29, 0.717) is 0 Å². The molecule has 0 amide bonds. The third kappa shape index (κ3) is 3.28. The Hall–Kier alpha value is -1.78. The molecule has 0 heterocycles. The fourth-order valence-electron chi connectivity index (χ4n) is 3.47. The quantitative estimate of drug-likeness (QED) is 0.434. The first-order valence-electron chi connectivity index (χ1n) is 8.24. The van der Waals surface area contributed by atoms with Crippen LogP contribution in [0, 0.1) is 0 Å². The van der Waals surface area contributed by atoms with Crippen molar-refractivity contribution in [2.24, 2.45) is 0 Å². The third-order valence-corrected chi connectivity index (χ3v) is 5.41. The van der Waals surface area contributed by atoms with Gasteiger partial charge >= 0.3 is 148 Å². The average Bonchev–Trinajstić information content (AvgIpc) is 2.65. The van der Waals surface area contributed by atoms with Crippen molar-refractivity contribution in [3.63, 3.8) is 0 Å². The fraction of sp³-hybridized carbons (Fsp3) is 0.182. The molecule has 3 aromatic carbocycles. The molecule has 116 valence electrons. The molecule has 23 heavy (non-hydrogen) atoms. The van der Waals surface area contributed by atoms with Crippen LogP contribution in [0.15, 0.2) is 91.0 Å². The first kappa shape index (κ1) is 16.1. The van der Waals surface area contributed by atoms with Gasteiger partial charge in [0.05, 0.1) is 0 Å². The monoisotopic (exact) mass is 362 g/mol. The van der Waals surface area contributed by atoms with E-state index in [1.165, 1.54) is 28.3 Å². The summed E-state index contributed by atoms with van der Waals surface area (Å²) in [5, 5.41) is 1.27. The summed E-state index contributed by atoms with van der Waals surface area (Å²) in [6, 6.07) is 32.9. The van der Waals surface area contributed by atoms with Crippen LogP contribution < -0.4 is 0 Å². The molecule has 1 unspecified atom stereocenters. The van der Waals surface area contributed by atoms with Crippen molar-refractivity contribution in [2.45, 2.75) is 23.5 Å². The maximum absolute atomic E-state index is 2.28. The second-order valence-corrected chi connectivity index (χ2v) is 7.11. The van der Waals surface area contributed by atoms with Gasteiger partial charge in [0, 0.05) is 0 Å². The van der Waals surface area contributed by atoms with Crippen LogP contribution >= 0.6 is 0 Å². The molecule has 0 aromatic heterocycles. The number of benzene rings is 3. The summed E-state index contributed by atoms with van der Waals surface area (Å²) >= 11 is 1.82. The van der Waals surface area contributed by atoms with Crippen molar-refractivity contribution in [2.75, 3.05) is 0 Å². The van der Waals surface area contributed by atoms with Crippen molar-refractivity contribution < 1.29 is 0 Å². The average molecular weight is 362 g/mol. The molecule has 0 radical (unpaired) electrons. The molecule has 0 spiro atoms. The van der Waals surface area contributed by atoms with E-state index in [9.17, 15) is 0 Å². The van der Waals surface area contributed by atoms with Crippen molar-refractivity contribution in [1.82, 2.24) is 0 Å². The van der Waals surface area contributed by atoms with E-state index in [1.54, 1.807) is 0 Å². The molecule has 0 aliphatic heterocycles. The van der Waals surface area contributed by atoms with E-state index < -0.39 is 0 Å². The SMILES string of the molecule is [AsH2]CCCC(c1ccccc1)(c1ccccc1)c1ccccc1. The summed E-state index contributed by atoms with van der Waals surface area (Å²) in [5.74, 6) is 0. The topological polar surface area (TPSA) is 0 Å². The molecule has 3 rings (SSSR count). The van der Waals surface area contributed by atoms with Gasteiger partial charge < -0.3 is 0 Å². The van der Waals surface area contributed by atoms with Gasteiger partial charge in [0.15, 0.2) is 0 Å². The van der Waals surface area contributed by atoms with E-state index in [4.69, 9.17) is 0 Å². The van der Waals surface area contributed by atoms with Gasteiger partial charge in [0.25, 0.3) is 0 Å². The Morgan fingerprint density at radius 1 is 0.565 bits per heavy atom. The van der Waals surface area contributed by atoms with Crippen molar-refractivity contribution in [3.8, 4) is 0 Å². The Morgan fingerprint density at radius 2 is 0.913 bits per heavy atom. The summed E-state index contributed by atoms with van der Waals surface area (Å²) in [5.41, 5.74) is 4.10. The van der Waals surface area contributed by atoms with E-state index >= 15 is 0 Å². The molecular formula is C22H23As. The maximum atomic E-state index is 2.28. The second-order valence-electron chi connectivity index (χ2n) is 5.90. The van der Waals surface area contributed by atoms with Crippen LogP contribution in [-0.2, 0) is 5.41 Å². The van der Waals surface area contributed by atoms with Crippen molar-refractivity contribution in [1.29, 1.82) is 0 Å². The predicted molar refractivity (Wildman–Crippen MR) is 102 cm³/mol. The molecule has 0 saturated heterocycles. The zero-order chi connectivity index (χ0) is 16.0. The van der Waals surface area contributed by atoms with Gasteiger partial charge in [-0.1, -0.05) is 0 Å². The van der Waals surface area contributed by atoms with Gasteiger partial charge in [0.1, 0.15) is 0 Å². The predicted octanol–water partition coefficient (Wildman–Crippen LogP) is 4.85. The molecule has 3 aromatic rings. The van der Waals surface area contributed by atoms with Crippen molar-refractivity contribution in [3.05, 3.63) is 108 Å². The van der Waals surface area contributed by atoms with E-state index in [2.05, 4.69) is 91.0 Å². The molecule has 1 atom stereocenters. The van der Waals surface area contributed by atoms with Gasteiger partial charge in [-0.2, -0.15) is 0 Å². The zero-order valence-corrected chi connectivity index (χ0v) is 15.8. The van der Waals surface area contributed by atoms with Gasteiger partial charge in [-0.05, 0) is 0 Å². The van der Waals surface area contributed by atoms with Crippen LogP contribution in [-0.4, -0.2) is 16.9 Å². The van der Waals surface area contributed by atoms with Crippen molar-refractivity contribution >= 4 is 16.9 Å². The number of hydrogen-bond donors (Lipinski definition) is 0. The molecule has 0 aliphatic rings. The molecule has 0 bridgehead atoms. The van der Waals surface area contributed by atoms with Gasteiger partial charge in [0.2, 0.25) is 0 Å². The van der Waals surface area contributed by atoms with Crippen LogP contribution in [0.3, 0.4) is 0 Å². The molecule has 0 saturated carbocycles. The van der Waals surface area contributed by atoms with Crippen LogP contribution in [0.2, 0.25) is 5.21 Å². The van der Waals surface area contributed by atoms with Crippen LogP contribution in [0.1, 0.15) is 29.5 Å². The summed E-state index contributed by atoms with van der Waals surface area (Å²) in [4.78, 5) is 0. The molecule has 0 fully saturated rings. The van der Waals surface area contributed by atoms with Crippen LogP contribution in [0.4, 0.5) is 0 Å². The molecular weight excluding hydrogens is 339 g/mol. The van der Waals surface area contributed by atoms with Gasteiger partial charge in [-0.3, -0.25) is 0 Å². The van der Waals surface area contributed by atoms with Crippen LogP contribution in [0.5, 0.6) is 0 Å². The molecule has 0 aliphatic carbocycles. The standard InChI is InChI=1S/C22H23As/c23-18-10-17-22(19-11-4-1-5-12-19,20-13-6-2-7-14-20)21-15-8-3-9-16-21/h1-9,11-16H,10,17-18,23H2. The minimum absolute atomic E-state index is 0.0597. The number of hydrogen-bond acceptors (Lipinski definition) is 0. The summed E-state index contributed by atoms with van der Waals surface area (Å²) in [6.45, 7) is 0. The van der Waals surface area contributed by atoms with Gasteiger partial charge in [-0.15, -0.1) is 0 Å². The minimum atomic E-state index is -0.0597. The Balaban J connectivity index is 2.25. The van der Waals surface area contributed by atoms with Gasteiger partial charge in [-0.25, -0.2) is 0 Å². The zero-order valence-electron chi connectivity index (χ0n) is 13.4. The van der Waals surface area contributed by atoms with Crippen LogP contribution in [0.25, 0.3) is 0 Å². The molecule has 0 N–H and O–H groups in total. The summed E-state index contributed by atoms with van der Waals surface area (Å²) in [6.07, 6.45) is 2.38. The number of rotatable bonds is 6. The Morgan fingerprint density at radius 3 is 1.22 bits per heavy atom. The first-order chi connectivity index (χ1) is 11.4. The molecule has 1 heteroatoms. The summed E-state index contributed by atoms with van der Waals surface area (Å²) in [7, 11) is 0. The molecule has 0 nitrogen and oxygen atoms in total. The second kappa shape index (κ2) is 7.66. The summed E-state index contributed by atoms with van der Waals surface area (Å²) < 4.78 is 0. The Bertz CT molecular complexity index is 608. The van der Waals surface area contributed by atoms with E-state index in [0.717, 1.165) is 6.42 Å². The van der Waals surface area contributed by atoms with E-state index in [1.807, 2.05) is 16.9 Å². The Kier molecular flexibility index (Phi) is 5.36.